The van der Waals surface area contributed by atoms with E-state index in [4.69, 9.17) is 0 Å². The topological polar surface area (TPSA) is 123 Å². The van der Waals surface area contributed by atoms with Crippen LogP contribution in [0, 0.1) is 0 Å². The number of aliphatic hydroxyl groups is 1. The van der Waals surface area contributed by atoms with E-state index in [-0.39, 0.29) is 18.6 Å². The van der Waals surface area contributed by atoms with Gasteiger partial charge < -0.3 is 15.7 Å². The van der Waals surface area contributed by atoms with E-state index in [1.165, 1.54) is 11.8 Å². The normalized spacial score (nSPS) is 16.5. The first-order valence-corrected chi connectivity index (χ1v) is 11.0. The number of nitrogens with one attached hydrogen (secondary N) is 3. The zero-order valence-corrected chi connectivity index (χ0v) is 17.9. The highest BCUT2D eigenvalue weighted by molar-refractivity contribution is 7.99. The number of rotatable bonds is 7. The fourth-order valence-corrected chi connectivity index (χ4v) is 4.32. The van der Waals surface area contributed by atoms with Crippen LogP contribution in [0.2, 0.25) is 0 Å². The van der Waals surface area contributed by atoms with Gasteiger partial charge in [-0.05, 0) is 54.6 Å². The highest BCUT2D eigenvalue weighted by atomic mass is 32.2. The Morgan fingerprint density at radius 1 is 1.25 bits per heavy atom. The van der Waals surface area contributed by atoms with Gasteiger partial charge in [0, 0.05) is 35.9 Å². The number of hydrogen-bond donors (Lipinski definition) is 4. The van der Waals surface area contributed by atoms with Crippen LogP contribution in [0.1, 0.15) is 6.42 Å². The molecule has 1 unspecified atom stereocenters. The molecule has 1 saturated heterocycles. The molecule has 10 nitrogen and oxygen atoms in total. The van der Waals surface area contributed by atoms with Gasteiger partial charge in [0.1, 0.15) is 11.3 Å². The standard InChI is InChI=1S/C21H22N8O2S/c30-15-8-11-28(12-15)13-19(31)23-14-3-5-16(6-4-14)32-21-25-20(24-18-7-9-22-26-18)17-2-1-10-29(17)27-21/h1-7,9-10,15,30H,8,11-13H2,(H,23,31)(H2,22,24,25,26,27). The number of hydrogen-bond acceptors (Lipinski definition) is 8. The van der Waals surface area contributed by atoms with Crippen LogP contribution in [0.5, 0.6) is 0 Å². The predicted molar refractivity (Wildman–Crippen MR) is 121 cm³/mol. The van der Waals surface area contributed by atoms with Crippen LogP contribution >= 0.6 is 11.8 Å². The van der Waals surface area contributed by atoms with Crippen molar-refractivity contribution in [3.63, 3.8) is 0 Å². The first-order chi connectivity index (χ1) is 15.6. The van der Waals surface area contributed by atoms with Crippen molar-refractivity contribution in [2.24, 2.45) is 0 Å². The molecule has 3 aromatic heterocycles. The number of nitrogens with zero attached hydrogens (tertiary/aromatic N) is 5. The largest absolute Gasteiger partial charge is 0.392 e. The van der Waals surface area contributed by atoms with Crippen LogP contribution < -0.4 is 10.6 Å². The van der Waals surface area contributed by atoms with Gasteiger partial charge >= 0.3 is 0 Å². The lowest BCUT2D eigenvalue weighted by Gasteiger charge is -2.14. The van der Waals surface area contributed by atoms with Crippen molar-refractivity contribution in [1.82, 2.24) is 29.7 Å². The Balaban J connectivity index is 1.25. The fraction of sp³-hybridized carbons (Fsp3) is 0.238. The van der Waals surface area contributed by atoms with Gasteiger partial charge in [-0.2, -0.15) is 5.10 Å². The van der Waals surface area contributed by atoms with E-state index in [0.717, 1.165) is 34.9 Å². The Kier molecular flexibility index (Phi) is 5.75. The number of carbonyl (C=O) groups excluding carboxylic acids is 1. The summed E-state index contributed by atoms with van der Waals surface area (Å²) in [6.45, 7) is 1.57. The molecule has 1 aliphatic heterocycles. The van der Waals surface area contributed by atoms with E-state index in [1.807, 2.05) is 53.6 Å². The molecule has 164 valence electrons. The number of benzene rings is 1. The van der Waals surface area contributed by atoms with Crippen LogP contribution in [-0.4, -0.2) is 66.4 Å². The van der Waals surface area contributed by atoms with Crippen molar-refractivity contribution in [2.75, 3.05) is 30.3 Å². The molecule has 5 rings (SSSR count). The number of anilines is 3. The maximum absolute atomic E-state index is 12.2. The SMILES string of the molecule is O=C(CN1CCC(O)C1)Nc1ccc(Sc2nc(Nc3ccn[nH]3)c3cccn3n2)cc1. The van der Waals surface area contributed by atoms with Crippen LogP contribution in [0.4, 0.5) is 17.3 Å². The molecule has 1 aliphatic rings. The molecular formula is C21H22N8O2S. The van der Waals surface area contributed by atoms with Gasteiger partial charge in [-0.25, -0.2) is 9.50 Å². The second-order valence-corrected chi connectivity index (χ2v) is 8.57. The van der Waals surface area contributed by atoms with E-state index in [2.05, 4.69) is 30.9 Å². The summed E-state index contributed by atoms with van der Waals surface area (Å²) in [4.78, 5) is 19.8. The van der Waals surface area contributed by atoms with Gasteiger partial charge in [0.2, 0.25) is 11.1 Å². The molecule has 0 saturated carbocycles. The molecule has 0 bridgehead atoms. The zero-order chi connectivity index (χ0) is 21.9. The number of likely N-dealkylation sites (tertiary alicyclic amines) is 1. The summed E-state index contributed by atoms with van der Waals surface area (Å²) >= 11 is 1.43. The van der Waals surface area contributed by atoms with Crippen molar-refractivity contribution >= 4 is 40.5 Å². The Morgan fingerprint density at radius 2 is 2.12 bits per heavy atom. The third-order valence-electron chi connectivity index (χ3n) is 5.09. The summed E-state index contributed by atoms with van der Waals surface area (Å²) < 4.78 is 1.78. The van der Waals surface area contributed by atoms with Gasteiger partial charge in [-0.3, -0.25) is 14.8 Å². The van der Waals surface area contributed by atoms with Crippen molar-refractivity contribution < 1.29 is 9.90 Å². The summed E-state index contributed by atoms with van der Waals surface area (Å²) in [5, 5.41) is 27.7. The minimum absolute atomic E-state index is 0.0876. The van der Waals surface area contributed by atoms with Gasteiger partial charge in [0.05, 0.1) is 18.8 Å². The zero-order valence-electron chi connectivity index (χ0n) is 17.1. The quantitative estimate of drug-likeness (QED) is 0.338. The average Bonchev–Trinajstić information content (AvgIpc) is 3.52. The number of carbonyl (C=O) groups is 1. The minimum atomic E-state index is -0.331. The smallest absolute Gasteiger partial charge is 0.238 e. The van der Waals surface area contributed by atoms with Gasteiger partial charge in [0.25, 0.3) is 0 Å². The lowest BCUT2D eigenvalue weighted by atomic mass is 10.3. The number of β-amino-alcohol motifs (C(OH)–C–C–N with tert-alkyl or cyclic N) is 1. The van der Waals surface area contributed by atoms with E-state index >= 15 is 0 Å². The fourth-order valence-electron chi connectivity index (χ4n) is 3.57. The molecule has 0 aliphatic carbocycles. The van der Waals surface area contributed by atoms with Crippen molar-refractivity contribution in [1.29, 1.82) is 0 Å². The molecular weight excluding hydrogens is 428 g/mol. The summed E-state index contributed by atoms with van der Waals surface area (Å²) in [7, 11) is 0. The highest BCUT2D eigenvalue weighted by Crippen LogP contribution is 2.28. The molecule has 4 N–H and O–H groups in total. The van der Waals surface area contributed by atoms with Gasteiger partial charge in [0.15, 0.2) is 5.82 Å². The van der Waals surface area contributed by atoms with Crippen molar-refractivity contribution in [3.05, 3.63) is 54.9 Å². The minimum Gasteiger partial charge on any atom is -0.392 e. The number of aliphatic hydroxyl groups excluding tert-OH is 1. The molecule has 1 fully saturated rings. The van der Waals surface area contributed by atoms with E-state index in [9.17, 15) is 9.90 Å². The monoisotopic (exact) mass is 450 g/mol. The lowest BCUT2D eigenvalue weighted by molar-refractivity contribution is -0.117. The van der Waals surface area contributed by atoms with E-state index in [1.54, 1.807) is 10.7 Å². The summed E-state index contributed by atoms with van der Waals surface area (Å²) in [6.07, 6.45) is 3.93. The number of aromatic amines is 1. The van der Waals surface area contributed by atoms with Crippen LogP contribution in [0.15, 0.2) is 64.9 Å². The van der Waals surface area contributed by atoms with Gasteiger partial charge in [-0.15, -0.1) is 5.10 Å². The third kappa shape index (κ3) is 4.74. The molecule has 0 spiro atoms. The molecule has 32 heavy (non-hydrogen) atoms. The molecule has 11 heteroatoms. The molecule has 1 aromatic carbocycles. The number of amides is 1. The lowest BCUT2D eigenvalue weighted by Crippen LogP contribution is -2.32. The number of aromatic nitrogens is 5. The average molecular weight is 451 g/mol. The maximum Gasteiger partial charge on any atom is 0.238 e. The maximum atomic E-state index is 12.2. The first kappa shape index (κ1) is 20.5. The second-order valence-electron chi connectivity index (χ2n) is 7.53. The molecule has 0 radical (unpaired) electrons. The Labute approximate surface area is 188 Å². The van der Waals surface area contributed by atoms with Gasteiger partial charge in [-0.1, -0.05) is 0 Å². The van der Waals surface area contributed by atoms with Crippen molar-refractivity contribution in [2.45, 2.75) is 22.6 Å². The first-order valence-electron chi connectivity index (χ1n) is 10.2. The predicted octanol–water partition coefficient (Wildman–Crippen LogP) is 2.35. The second kappa shape index (κ2) is 8.99. The van der Waals surface area contributed by atoms with Crippen LogP contribution in [0.25, 0.3) is 5.52 Å². The van der Waals surface area contributed by atoms with Crippen molar-refractivity contribution in [3.8, 4) is 0 Å². The third-order valence-corrected chi connectivity index (χ3v) is 5.95. The Bertz CT molecular complexity index is 1210. The Morgan fingerprint density at radius 3 is 2.88 bits per heavy atom. The highest BCUT2D eigenvalue weighted by Gasteiger charge is 2.22. The number of H-pyrrole nitrogens is 1. The molecule has 4 aromatic rings. The van der Waals surface area contributed by atoms with Crippen LogP contribution in [0.3, 0.4) is 0 Å². The molecule has 4 heterocycles. The summed E-state index contributed by atoms with van der Waals surface area (Å²) in [5.41, 5.74) is 1.58. The van der Waals surface area contributed by atoms with Crippen LogP contribution in [-0.2, 0) is 4.79 Å². The molecule has 1 amide bonds. The van der Waals surface area contributed by atoms with E-state index < -0.39 is 0 Å². The number of fused-ring (bicyclic) bond motifs is 1. The summed E-state index contributed by atoms with van der Waals surface area (Å²) in [5.74, 6) is 1.33. The van der Waals surface area contributed by atoms with E-state index in [0.29, 0.717) is 17.5 Å². The molecule has 1 atom stereocenters. The Hall–Kier alpha value is -3.41. The summed E-state index contributed by atoms with van der Waals surface area (Å²) in [6, 6.07) is 13.2.